The maximum absolute atomic E-state index is 12.7. The molecule has 0 bridgehead atoms. The molecular weight excluding hydrogens is 424 g/mol. The van der Waals surface area contributed by atoms with Crippen LogP contribution in [0.15, 0.2) is 77.4 Å². The Labute approximate surface area is 189 Å². The summed E-state index contributed by atoms with van der Waals surface area (Å²) in [6.07, 6.45) is 2.25. The summed E-state index contributed by atoms with van der Waals surface area (Å²) in [5.74, 6) is 0.472. The average molecular weight is 447 g/mol. The van der Waals surface area contributed by atoms with Crippen molar-refractivity contribution in [1.82, 2.24) is 10.3 Å². The molecule has 32 heavy (non-hydrogen) atoms. The average Bonchev–Trinajstić information content (AvgIpc) is 3.44. The van der Waals surface area contributed by atoms with Crippen molar-refractivity contribution in [1.29, 1.82) is 0 Å². The minimum Gasteiger partial charge on any atom is -0.467 e. The molecule has 0 saturated carbocycles. The Hall–Kier alpha value is -3.91. The van der Waals surface area contributed by atoms with Crippen LogP contribution in [0, 0.1) is 6.92 Å². The molecule has 2 aromatic heterocycles. The topological polar surface area (TPSA) is 96.3 Å². The van der Waals surface area contributed by atoms with E-state index in [1.165, 1.54) is 11.3 Å². The molecule has 0 spiro atoms. The lowest BCUT2D eigenvalue weighted by Crippen LogP contribution is -2.27. The quantitative estimate of drug-likeness (QED) is 0.363. The molecule has 0 aliphatic rings. The number of urea groups is 1. The van der Waals surface area contributed by atoms with Crippen molar-refractivity contribution in [2.75, 3.05) is 10.6 Å². The third kappa shape index (κ3) is 5.61. The molecule has 8 heteroatoms. The number of aryl methyl sites for hydroxylation is 1. The summed E-state index contributed by atoms with van der Waals surface area (Å²) < 4.78 is 5.18. The van der Waals surface area contributed by atoms with Gasteiger partial charge in [-0.3, -0.25) is 4.79 Å². The molecule has 0 atom stereocenters. The van der Waals surface area contributed by atoms with Gasteiger partial charge in [-0.2, -0.15) is 0 Å². The zero-order valence-corrected chi connectivity index (χ0v) is 18.2. The van der Waals surface area contributed by atoms with Crippen LogP contribution in [0.25, 0.3) is 0 Å². The van der Waals surface area contributed by atoms with E-state index >= 15 is 0 Å². The zero-order valence-electron chi connectivity index (χ0n) is 17.4. The van der Waals surface area contributed by atoms with E-state index in [-0.39, 0.29) is 11.9 Å². The minimum atomic E-state index is -0.343. The molecule has 0 saturated heterocycles. The van der Waals surface area contributed by atoms with Crippen LogP contribution in [0.1, 0.15) is 31.7 Å². The number of anilines is 2. The van der Waals surface area contributed by atoms with Crippen LogP contribution in [0.2, 0.25) is 0 Å². The number of nitrogens with one attached hydrogen (secondary N) is 3. The number of hydrogen-bond acceptors (Lipinski definition) is 5. The number of rotatable bonds is 7. The van der Waals surface area contributed by atoms with Gasteiger partial charge in [0, 0.05) is 17.8 Å². The highest BCUT2D eigenvalue weighted by atomic mass is 32.1. The number of carbonyl (C=O) groups is 2. The van der Waals surface area contributed by atoms with Crippen LogP contribution in [-0.4, -0.2) is 16.9 Å². The first-order valence-corrected chi connectivity index (χ1v) is 10.9. The number of nitrogens with zero attached hydrogens (tertiary/aromatic N) is 1. The molecule has 4 rings (SSSR count). The van der Waals surface area contributed by atoms with Crippen LogP contribution in [-0.2, 0) is 13.0 Å². The van der Waals surface area contributed by atoms with Crippen LogP contribution < -0.4 is 16.0 Å². The number of thiazole rings is 1. The smallest absolute Gasteiger partial charge is 0.319 e. The van der Waals surface area contributed by atoms with Crippen LogP contribution in [0.5, 0.6) is 0 Å². The second-order valence-electron chi connectivity index (χ2n) is 7.10. The molecule has 162 valence electrons. The van der Waals surface area contributed by atoms with Crippen molar-refractivity contribution in [3.05, 3.63) is 99.9 Å². The third-order valence-corrected chi connectivity index (χ3v) is 5.81. The molecule has 3 amide bonds. The van der Waals surface area contributed by atoms with Crippen LogP contribution in [0.4, 0.5) is 16.2 Å². The Bertz CT molecular complexity index is 1190. The van der Waals surface area contributed by atoms with Gasteiger partial charge < -0.3 is 20.4 Å². The molecule has 2 aromatic carbocycles. The molecule has 0 aliphatic carbocycles. The Kier molecular flexibility index (Phi) is 6.62. The lowest BCUT2D eigenvalue weighted by atomic mass is 10.2. The molecule has 0 fully saturated rings. The van der Waals surface area contributed by atoms with E-state index in [0.29, 0.717) is 40.7 Å². The molecular formula is C24H22N4O3S. The fourth-order valence-electron chi connectivity index (χ4n) is 3.09. The summed E-state index contributed by atoms with van der Waals surface area (Å²) in [6, 6.07) is 20.2. The molecule has 4 aromatic rings. The Morgan fingerprint density at radius 2 is 1.66 bits per heavy atom. The normalized spacial score (nSPS) is 10.5. The number of amides is 3. The van der Waals surface area contributed by atoms with Crippen molar-refractivity contribution in [3.8, 4) is 0 Å². The highest BCUT2D eigenvalue weighted by molar-refractivity contribution is 7.14. The summed E-state index contributed by atoms with van der Waals surface area (Å²) in [5, 5.41) is 9.24. The lowest BCUT2D eigenvalue weighted by molar-refractivity contribution is 0.102. The van der Waals surface area contributed by atoms with Gasteiger partial charge in [-0.1, -0.05) is 30.3 Å². The second-order valence-corrected chi connectivity index (χ2v) is 8.19. The summed E-state index contributed by atoms with van der Waals surface area (Å²) in [6.45, 7) is 2.14. The number of aromatic nitrogens is 1. The summed E-state index contributed by atoms with van der Waals surface area (Å²) in [5.41, 5.74) is 3.11. The number of carbonyl (C=O) groups excluding carboxylic acids is 2. The second kappa shape index (κ2) is 9.93. The zero-order chi connectivity index (χ0) is 22.3. The van der Waals surface area contributed by atoms with E-state index < -0.39 is 0 Å². The number of furan rings is 1. The van der Waals surface area contributed by atoms with E-state index in [0.717, 1.165) is 10.6 Å². The van der Waals surface area contributed by atoms with E-state index in [1.807, 2.05) is 37.3 Å². The first-order valence-electron chi connectivity index (χ1n) is 10.1. The summed E-state index contributed by atoms with van der Waals surface area (Å²) in [4.78, 5) is 29.9. The lowest BCUT2D eigenvalue weighted by Gasteiger charge is -2.08. The Balaban J connectivity index is 1.32. The van der Waals surface area contributed by atoms with Crippen molar-refractivity contribution in [2.45, 2.75) is 19.9 Å². The van der Waals surface area contributed by atoms with Gasteiger partial charge in [-0.25, -0.2) is 9.78 Å². The molecule has 0 radical (unpaired) electrons. The highest BCUT2D eigenvalue weighted by Crippen LogP contribution is 2.23. The molecule has 2 heterocycles. The van der Waals surface area contributed by atoms with Crippen molar-refractivity contribution < 1.29 is 14.0 Å². The molecule has 0 unspecified atom stereocenters. The van der Waals surface area contributed by atoms with Gasteiger partial charge in [0.05, 0.1) is 23.5 Å². The SMILES string of the molecule is Cc1nc(Cc2ccccc2)sc1C(=O)Nc1ccc(NC(=O)NCc2ccco2)cc1. The van der Waals surface area contributed by atoms with Gasteiger partial charge in [-0.05, 0) is 48.9 Å². The van der Waals surface area contributed by atoms with Crippen LogP contribution >= 0.6 is 11.3 Å². The van der Waals surface area contributed by atoms with Gasteiger partial charge >= 0.3 is 6.03 Å². The van der Waals surface area contributed by atoms with Gasteiger partial charge in [0.15, 0.2) is 0 Å². The molecule has 3 N–H and O–H groups in total. The van der Waals surface area contributed by atoms with Crippen molar-refractivity contribution in [2.24, 2.45) is 0 Å². The number of benzene rings is 2. The van der Waals surface area contributed by atoms with Gasteiger partial charge in [0.2, 0.25) is 0 Å². The highest BCUT2D eigenvalue weighted by Gasteiger charge is 2.16. The largest absolute Gasteiger partial charge is 0.467 e. The standard InChI is InChI=1S/C24H22N4O3S/c1-16-22(32-21(26-16)14-17-6-3-2-4-7-17)23(29)27-18-9-11-19(12-10-18)28-24(30)25-15-20-8-5-13-31-20/h2-13H,14-15H2,1H3,(H,27,29)(H2,25,28,30). The van der Waals surface area contributed by atoms with Gasteiger partial charge in [0.1, 0.15) is 10.6 Å². The first-order chi connectivity index (χ1) is 15.6. The number of hydrogen-bond donors (Lipinski definition) is 3. The van der Waals surface area contributed by atoms with Crippen LogP contribution in [0.3, 0.4) is 0 Å². The summed E-state index contributed by atoms with van der Waals surface area (Å²) >= 11 is 1.40. The Morgan fingerprint density at radius 1 is 0.938 bits per heavy atom. The van der Waals surface area contributed by atoms with Gasteiger partial charge in [0.25, 0.3) is 5.91 Å². The maximum Gasteiger partial charge on any atom is 0.319 e. The third-order valence-electron chi connectivity index (χ3n) is 4.65. The monoisotopic (exact) mass is 446 g/mol. The molecule has 7 nitrogen and oxygen atoms in total. The van der Waals surface area contributed by atoms with E-state index in [2.05, 4.69) is 20.9 Å². The predicted octanol–water partition coefficient (Wildman–Crippen LogP) is 5.21. The van der Waals surface area contributed by atoms with E-state index in [1.54, 1.807) is 42.7 Å². The van der Waals surface area contributed by atoms with E-state index in [4.69, 9.17) is 4.42 Å². The fourth-order valence-corrected chi connectivity index (χ4v) is 4.08. The first kappa shape index (κ1) is 21.3. The van der Waals surface area contributed by atoms with Crippen molar-refractivity contribution >= 4 is 34.6 Å². The minimum absolute atomic E-state index is 0.198. The Morgan fingerprint density at radius 3 is 2.34 bits per heavy atom. The van der Waals surface area contributed by atoms with Gasteiger partial charge in [-0.15, -0.1) is 11.3 Å². The van der Waals surface area contributed by atoms with E-state index in [9.17, 15) is 9.59 Å². The predicted molar refractivity (Wildman–Crippen MR) is 125 cm³/mol. The fraction of sp³-hybridized carbons (Fsp3) is 0.125. The maximum atomic E-state index is 12.7. The molecule has 0 aliphatic heterocycles. The summed E-state index contributed by atoms with van der Waals surface area (Å²) in [7, 11) is 0. The van der Waals surface area contributed by atoms with Crippen molar-refractivity contribution in [3.63, 3.8) is 0 Å².